The Bertz CT molecular complexity index is 2550. The van der Waals surface area contributed by atoms with Gasteiger partial charge in [-0.2, -0.15) is 5.10 Å². The van der Waals surface area contributed by atoms with E-state index in [1.54, 1.807) is 24.3 Å². The Morgan fingerprint density at radius 3 is 2.41 bits per heavy atom. The normalized spacial score (nSPS) is 19.9. The van der Waals surface area contributed by atoms with Crippen LogP contribution in [0.1, 0.15) is 74.7 Å². The van der Waals surface area contributed by atoms with Gasteiger partial charge in [0.1, 0.15) is 17.2 Å². The standard InChI is InChI=1S/C46H50Cl3N5O6S/c1-46(2)19-18-31(37(26-46)30-8-10-32(47)11-9-30)27-53-20-22-54(23-21-53)33-12-16-36(42(24-33)60-41-5-3-4-39-43(41)44(49)51-50-39)45(56)52-61(57,58)35-15-17-40(38(48)25-35)59-28-29-6-13-34(55)14-7-29/h3-5,8-12,15-17,24-25,29,34,55H,6-7,13-14,18-23,26-28H2,1-2H3,(H,50,51)(H,52,56)/t29-,34+. The summed E-state index contributed by atoms with van der Waals surface area (Å²) in [6.07, 6.45) is 6.08. The number of allylic oxidation sites excluding steroid dienone is 1. The van der Waals surface area contributed by atoms with Crippen LogP contribution in [0, 0.1) is 11.3 Å². The third-order valence-corrected chi connectivity index (χ3v) is 14.3. The second-order valence-electron chi connectivity index (χ2n) is 17.2. The highest BCUT2D eigenvalue weighted by atomic mass is 35.5. The second-order valence-corrected chi connectivity index (χ2v) is 20.1. The summed E-state index contributed by atoms with van der Waals surface area (Å²) in [5.41, 5.74) is 5.84. The molecule has 2 aliphatic carbocycles. The number of H-pyrrole nitrogens is 1. The molecule has 322 valence electrons. The second kappa shape index (κ2) is 18.2. The number of piperazine rings is 1. The van der Waals surface area contributed by atoms with Crippen LogP contribution < -0.4 is 19.1 Å². The first-order valence-electron chi connectivity index (χ1n) is 20.8. The minimum absolute atomic E-state index is 0.00752. The van der Waals surface area contributed by atoms with E-state index in [1.807, 2.05) is 24.3 Å². The van der Waals surface area contributed by atoms with E-state index in [9.17, 15) is 18.3 Å². The van der Waals surface area contributed by atoms with Gasteiger partial charge >= 0.3 is 0 Å². The van der Waals surface area contributed by atoms with E-state index in [0.717, 1.165) is 88.4 Å². The van der Waals surface area contributed by atoms with Crippen LogP contribution in [0.2, 0.25) is 15.2 Å². The number of rotatable bonds is 12. The summed E-state index contributed by atoms with van der Waals surface area (Å²) in [6.45, 7) is 9.12. The number of fused-ring (bicyclic) bond motifs is 1. The fourth-order valence-corrected chi connectivity index (χ4v) is 10.3. The maximum atomic E-state index is 14.0. The Morgan fingerprint density at radius 1 is 0.918 bits per heavy atom. The van der Waals surface area contributed by atoms with E-state index < -0.39 is 15.9 Å². The summed E-state index contributed by atoms with van der Waals surface area (Å²) in [6, 6.07) is 22.8. The number of benzene rings is 4. The summed E-state index contributed by atoms with van der Waals surface area (Å²) >= 11 is 19.2. The Labute approximate surface area is 372 Å². The van der Waals surface area contributed by atoms with Gasteiger partial charge in [-0.3, -0.25) is 14.8 Å². The molecule has 4 aromatic carbocycles. The lowest BCUT2D eigenvalue weighted by atomic mass is 9.72. The number of halogens is 3. The van der Waals surface area contributed by atoms with Crippen molar-refractivity contribution >= 4 is 72.9 Å². The first-order valence-corrected chi connectivity index (χ1v) is 23.4. The Hall–Kier alpha value is -4.30. The Balaban J connectivity index is 0.999. The predicted octanol–water partition coefficient (Wildman–Crippen LogP) is 10.1. The van der Waals surface area contributed by atoms with Crippen LogP contribution in [0.4, 0.5) is 5.69 Å². The van der Waals surface area contributed by atoms with E-state index in [-0.39, 0.29) is 43.8 Å². The zero-order chi connectivity index (χ0) is 42.9. The Kier molecular flexibility index (Phi) is 12.9. The van der Waals surface area contributed by atoms with Crippen molar-refractivity contribution in [2.45, 2.75) is 69.8 Å². The van der Waals surface area contributed by atoms with Crippen molar-refractivity contribution in [3.05, 3.63) is 111 Å². The molecular weight excluding hydrogens is 857 g/mol. The topological polar surface area (TPSA) is 137 Å². The molecule has 1 aromatic heterocycles. The van der Waals surface area contributed by atoms with Crippen molar-refractivity contribution in [2.24, 2.45) is 11.3 Å². The molecular formula is C46H50Cl3N5O6S. The SMILES string of the molecule is CC1(C)CCC(CN2CCN(c3ccc(C(=O)NS(=O)(=O)c4ccc(OC[C@H]5CC[C@@H](O)CC5)c(Cl)c4)c(Oc4cccc5[nH]nc(Cl)c45)c3)CC2)=C(c2ccc(Cl)cc2)C1. The summed E-state index contributed by atoms with van der Waals surface area (Å²) in [5, 5.41) is 18.4. The van der Waals surface area contributed by atoms with Crippen molar-refractivity contribution in [3.63, 3.8) is 0 Å². The number of ether oxygens (including phenoxy) is 2. The van der Waals surface area contributed by atoms with E-state index in [4.69, 9.17) is 44.3 Å². The number of carbonyl (C=O) groups excluding carboxylic acids is 1. The number of hydrogen-bond acceptors (Lipinski definition) is 9. The predicted molar refractivity (Wildman–Crippen MR) is 242 cm³/mol. The minimum Gasteiger partial charge on any atom is -0.492 e. The number of aromatic nitrogens is 2. The van der Waals surface area contributed by atoms with Crippen LogP contribution in [0.25, 0.3) is 16.5 Å². The summed E-state index contributed by atoms with van der Waals surface area (Å²) in [7, 11) is -4.37. The molecule has 0 radical (unpaired) electrons. The minimum atomic E-state index is -4.37. The molecule has 2 fully saturated rings. The van der Waals surface area contributed by atoms with Crippen LogP contribution in [0.5, 0.6) is 17.2 Å². The molecule has 2 heterocycles. The monoisotopic (exact) mass is 905 g/mol. The van der Waals surface area contributed by atoms with Gasteiger partial charge in [0.25, 0.3) is 15.9 Å². The molecule has 0 atom stereocenters. The smallest absolute Gasteiger partial charge is 0.268 e. The van der Waals surface area contributed by atoms with E-state index in [0.29, 0.717) is 29.0 Å². The number of amides is 1. The maximum absolute atomic E-state index is 14.0. The van der Waals surface area contributed by atoms with Gasteiger partial charge in [0.2, 0.25) is 0 Å². The number of sulfonamides is 1. The summed E-state index contributed by atoms with van der Waals surface area (Å²) < 4.78 is 41.9. The van der Waals surface area contributed by atoms with Crippen molar-refractivity contribution in [1.82, 2.24) is 19.8 Å². The van der Waals surface area contributed by atoms with Crippen molar-refractivity contribution in [2.75, 3.05) is 44.2 Å². The zero-order valence-electron chi connectivity index (χ0n) is 34.2. The average Bonchev–Trinajstić information content (AvgIpc) is 3.63. The first kappa shape index (κ1) is 43.4. The lowest BCUT2D eigenvalue weighted by Gasteiger charge is -2.39. The number of aliphatic hydroxyl groups is 1. The van der Waals surface area contributed by atoms with Gasteiger partial charge in [0, 0.05) is 49.5 Å². The number of anilines is 1. The molecule has 0 bridgehead atoms. The Morgan fingerprint density at radius 2 is 1.67 bits per heavy atom. The largest absolute Gasteiger partial charge is 0.492 e. The van der Waals surface area contributed by atoms with Crippen LogP contribution in [0.3, 0.4) is 0 Å². The lowest BCUT2D eigenvalue weighted by Crippen LogP contribution is -2.47. The zero-order valence-corrected chi connectivity index (χ0v) is 37.3. The third kappa shape index (κ3) is 10.2. The highest BCUT2D eigenvalue weighted by Crippen LogP contribution is 2.44. The highest BCUT2D eigenvalue weighted by molar-refractivity contribution is 7.90. The number of aliphatic hydroxyl groups excluding tert-OH is 1. The van der Waals surface area contributed by atoms with E-state index in [1.165, 1.54) is 34.9 Å². The van der Waals surface area contributed by atoms with Gasteiger partial charge in [-0.05, 0) is 122 Å². The molecule has 8 rings (SSSR count). The quantitative estimate of drug-likeness (QED) is 0.112. The molecule has 1 aliphatic heterocycles. The molecule has 1 saturated carbocycles. The number of aromatic amines is 1. The van der Waals surface area contributed by atoms with Crippen molar-refractivity contribution < 1.29 is 27.8 Å². The van der Waals surface area contributed by atoms with Crippen LogP contribution in [-0.2, 0) is 10.0 Å². The molecule has 15 heteroatoms. The number of nitrogens with zero attached hydrogens (tertiary/aromatic N) is 3. The molecule has 3 aliphatic rings. The summed E-state index contributed by atoms with van der Waals surface area (Å²) in [4.78, 5) is 18.5. The maximum Gasteiger partial charge on any atom is 0.268 e. The van der Waals surface area contributed by atoms with Crippen LogP contribution >= 0.6 is 34.8 Å². The average molecular weight is 907 g/mol. The fraction of sp³-hybridized carbons (Fsp3) is 0.391. The van der Waals surface area contributed by atoms with Crippen LogP contribution in [-0.4, -0.2) is 80.0 Å². The first-order chi connectivity index (χ1) is 29.2. The molecule has 11 nitrogen and oxygen atoms in total. The molecule has 1 saturated heterocycles. The van der Waals surface area contributed by atoms with Crippen LogP contribution in [0.15, 0.2) is 89.3 Å². The molecule has 1 amide bonds. The molecule has 0 unspecified atom stereocenters. The van der Waals surface area contributed by atoms with Crippen molar-refractivity contribution in [3.8, 4) is 17.2 Å². The lowest BCUT2D eigenvalue weighted by molar-refractivity contribution is 0.0917. The van der Waals surface area contributed by atoms with Gasteiger partial charge < -0.3 is 19.5 Å². The van der Waals surface area contributed by atoms with Gasteiger partial charge in [-0.25, -0.2) is 13.1 Å². The van der Waals surface area contributed by atoms with Gasteiger partial charge in [-0.1, -0.05) is 72.4 Å². The third-order valence-electron chi connectivity index (χ3n) is 12.2. The van der Waals surface area contributed by atoms with E-state index >= 15 is 0 Å². The molecule has 61 heavy (non-hydrogen) atoms. The van der Waals surface area contributed by atoms with Gasteiger partial charge in [0.05, 0.1) is 39.1 Å². The molecule has 3 N–H and O–H groups in total. The fourth-order valence-electron chi connectivity index (χ4n) is 8.60. The van der Waals surface area contributed by atoms with Gasteiger partial charge in [-0.15, -0.1) is 0 Å². The molecule has 5 aromatic rings. The number of hydrogen-bond donors (Lipinski definition) is 3. The highest BCUT2D eigenvalue weighted by Gasteiger charge is 2.30. The van der Waals surface area contributed by atoms with E-state index in [2.05, 4.69) is 50.7 Å². The van der Waals surface area contributed by atoms with Crippen molar-refractivity contribution in [1.29, 1.82) is 0 Å². The summed E-state index contributed by atoms with van der Waals surface area (Å²) in [5.74, 6) is 0.237. The van der Waals surface area contributed by atoms with Gasteiger partial charge in [0.15, 0.2) is 5.15 Å². The number of nitrogens with one attached hydrogen (secondary N) is 2. The molecule has 0 spiro atoms. The number of carbonyl (C=O) groups is 1.